The van der Waals surface area contributed by atoms with E-state index in [1.807, 2.05) is 45.0 Å². The van der Waals surface area contributed by atoms with Gasteiger partial charge in [0, 0.05) is 5.56 Å². The number of aryl methyl sites for hydroxylation is 3. The summed E-state index contributed by atoms with van der Waals surface area (Å²) >= 11 is 0. The molecule has 0 spiro atoms. The van der Waals surface area contributed by atoms with Gasteiger partial charge in [-0.15, -0.1) is 0 Å². The summed E-state index contributed by atoms with van der Waals surface area (Å²) in [6, 6.07) is 12.5. The molecule has 0 unspecified atom stereocenters. The number of hydrogen-bond acceptors (Lipinski definition) is 5. The second-order valence-corrected chi connectivity index (χ2v) is 8.32. The molecule has 0 aliphatic carbocycles. The molecule has 1 heterocycles. The summed E-state index contributed by atoms with van der Waals surface area (Å²) in [6.07, 6.45) is 0. The molecule has 0 atom stereocenters. The van der Waals surface area contributed by atoms with Crippen molar-refractivity contribution in [3.8, 4) is 17.2 Å². The van der Waals surface area contributed by atoms with E-state index in [9.17, 15) is 8.42 Å². The molecule has 0 saturated carbocycles. The molecule has 7 heteroatoms. The van der Waals surface area contributed by atoms with Gasteiger partial charge in [0.2, 0.25) is 15.9 Å². The standard InChI is InChI=1S/C21H24N2O4S/c1-5-26-18-9-7-17(8-10-18)21-23-20(16(4)27-21)13-22-28(24,25)19-11-6-14(2)15(3)12-19/h6-12,22H,5,13H2,1-4H3. The van der Waals surface area contributed by atoms with Crippen LogP contribution < -0.4 is 9.46 Å². The van der Waals surface area contributed by atoms with E-state index < -0.39 is 10.0 Å². The molecule has 6 nitrogen and oxygen atoms in total. The average molecular weight is 401 g/mol. The van der Waals surface area contributed by atoms with Gasteiger partial charge in [0.05, 0.1) is 23.7 Å². The Morgan fingerprint density at radius 2 is 1.75 bits per heavy atom. The number of rotatable bonds is 7. The van der Waals surface area contributed by atoms with Crippen LogP contribution in [0.3, 0.4) is 0 Å². The monoisotopic (exact) mass is 400 g/mol. The van der Waals surface area contributed by atoms with Crippen molar-refractivity contribution >= 4 is 10.0 Å². The molecule has 0 saturated heterocycles. The van der Waals surface area contributed by atoms with Crippen LogP contribution in [0.15, 0.2) is 51.8 Å². The van der Waals surface area contributed by atoms with E-state index in [4.69, 9.17) is 9.15 Å². The maximum atomic E-state index is 12.6. The highest BCUT2D eigenvalue weighted by molar-refractivity contribution is 7.89. The smallest absolute Gasteiger partial charge is 0.240 e. The van der Waals surface area contributed by atoms with Crippen molar-refractivity contribution < 1.29 is 17.6 Å². The molecule has 3 rings (SSSR count). The second kappa shape index (κ2) is 8.16. The van der Waals surface area contributed by atoms with E-state index in [-0.39, 0.29) is 11.4 Å². The summed E-state index contributed by atoms with van der Waals surface area (Å²) in [7, 11) is -3.63. The zero-order chi connectivity index (χ0) is 20.3. The quantitative estimate of drug-likeness (QED) is 0.644. The van der Waals surface area contributed by atoms with Crippen molar-refractivity contribution in [1.29, 1.82) is 0 Å². The average Bonchev–Trinajstić information content (AvgIpc) is 3.04. The van der Waals surface area contributed by atoms with Crippen molar-refractivity contribution in [2.45, 2.75) is 39.1 Å². The lowest BCUT2D eigenvalue weighted by molar-refractivity contribution is 0.340. The Hall–Kier alpha value is -2.64. The Labute approximate surface area is 165 Å². The van der Waals surface area contributed by atoms with Crippen LogP contribution >= 0.6 is 0 Å². The number of nitrogens with one attached hydrogen (secondary N) is 1. The van der Waals surface area contributed by atoms with E-state index in [0.29, 0.717) is 24.0 Å². The van der Waals surface area contributed by atoms with Crippen molar-refractivity contribution in [2.75, 3.05) is 6.61 Å². The fraction of sp³-hybridized carbons (Fsp3) is 0.286. The number of sulfonamides is 1. The highest BCUT2D eigenvalue weighted by atomic mass is 32.2. The van der Waals surface area contributed by atoms with Gasteiger partial charge in [0.25, 0.3) is 0 Å². The molecular weight excluding hydrogens is 376 g/mol. The second-order valence-electron chi connectivity index (χ2n) is 6.55. The Balaban J connectivity index is 1.75. The number of oxazole rings is 1. The molecular formula is C21H24N2O4S. The van der Waals surface area contributed by atoms with Gasteiger partial charge < -0.3 is 9.15 Å². The molecule has 2 aromatic carbocycles. The van der Waals surface area contributed by atoms with Crippen LogP contribution in [0.25, 0.3) is 11.5 Å². The fourth-order valence-electron chi connectivity index (χ4n) is 2.70. The Kier molecular flexibility index (Phi) is 5.86. The molecule has 0 fully saturated rings. The maximum absolute atomic E-state index is 12.6. The third kappa shape index (κ3) is 4.43. The maximum Gasteiger partial charge on any atom is 0.240 e. The van der Waals surface area contributed by atoms with Gasteiger partial charge >= 0.3 is 0 Å². The zero-order valence-electron chi connectivity index (χ0n) is 16.4. The van der Waals surface area contributed by atoms with Gasteiger partial charge in [-0.3, -0.25) is 0 Å². The predicted molar refractivity (Wildman–Crippen MR) is 108 cm³/mol. The summed E-state index contributed by atoms with van der Waals surface area (Å²) in [5.41, 5.74) is 3.33. The van der Waals surface area contributed by atoms with Crippen molar-refractivity contribution in [1.82, 2.24) is 9.71 Å². The first kappa shape index (κ1) is 20.1. The molecule has 148 valence electrons. The minimum Gasteiger partial charge on any atom is -0.494 e. The largest absolute Gasteiger partial charge is 0.494 e. The van der Waals surface area contributed by atoms with Gasteiger partial charge in [-0.1, -0.05) is 6.07 Å². The van der Waals surface area contributed by atoms with E-state index in [1.54, 1.807) is 25.1 Å². The summed E-state index contributed by atoms with van der Waals surface area (Å²) in [5.74, 6) is 1.79. The SMILES string of the molecule is CCOc1ccc(-c2nc(CNS(=O)(=O)c3ccc(C)c(C)c3)c(C)o2)cc1. The van der Waals surface area contributed by atoms with Crippen LogP contribution in [0, 0.1) is 20.8 Å². The summed E-state index contributed by atoms with van der Waals surface area (Å²) in [4.78, 5) is 4.69. The lowest BCUT2D eigenvalue weighted by Crippen LogP contribution is -2.23. The Morgan fingerprint density at radius 3 is 2.39 bits per heavy atom. The fourth-order valence-corrected chi connectivity index (χ4v) is 3.78. The number of hydrogen-bond donors (Lipinski definition) is 1. The predicted octanol–water partition coefficient (Wildman–Crippen LogP) is 4.14. The van der Waals surface area contributed by atoms with Gasteiger partial charge in [0.15, 0.2) is 0 Å². The minimum atomic E-state index is -3.63. The van der Waals surface area contributed by atoms with Gasteiger partial charge in [-0.25, -0.2) is 18.1 Å². The van der Waals surface area contributed by atoms with Gasteiger partial charge in [-0.2, -0.15) is 0 Å². The van der Waals surface area contributed by atoms with Crippen molar-refractivity contribution in [3.05, 3.63) is 65.0 Å². The summed E-state index contributed by atoms with van der Waals surface area (Å²) in [5, 5.41) is 0. The van der Waals surface area contributed by atoms with E-state index in [2.05, 4.69) is 9.71 Å². The first-order valence-electron chi connectivity index (χ1n) is 9.06. The third-order valence-electron chi connectivity index (χ3n) is 4.52. The molecule has 0 aliphatic heterocycles. The molecule has 1 aromatic heterocycles. The Morgan fingerprint density at radius 1 is 1.04 bits per heavy atom. The zero-order valence-corrected chi connectivity index (χ0v) is 17.3. The van der Waals surface area contributed by atoms with Crippen LogP contribution in [0.2, 0.25) is 0 Å². The first-order valence-corrected chi connectivity index (χ1v) is 10.5. The number of ether oxygens (including phenoxy) is 1. The van der Waals surface area contributed by atoms with Crippen LogP contribution in [0.4, 0.5) is 0 Å². The van der Waals surface area contributed by atoms with E-state index in [0.717, 1.165) is 22.4 Å². The molecule has 28 heavy (non-hydrogen) atoms. The molecule has 0 aliphatic rings. The highest BCUT2D eigenvalue weighted by Gasteiger charge is 2.18. The van der Waals surface area contributed by atoms with Crippen LogP contribution in [0.1, 0.15) is 29.5 Å². The number of nitrogens with zero attached hydrogens (tertiary/aromatic N) is 1. The topological polar surface area (TPSA) is 81.4 Å². The van der Waals surface area contributed by atoms with E-state index in [1.165, 1.54) is 0 Å². The minimum absolute atomic E-state index is 0.0572. The number of benzene rings is 2. The normalized spacial score (nSPS) is 11.6. The Bertz CT molecular complexity index is 1070. The molecule has 3 aromatic rings. The van der Waals surface area contributed by atoms with Gasteiger partial charge in [-0.05, 0) is 75.2 Å². The molecule has 0 amide bonds. The summed E-state index contributed by atoms with van der Waals surface area (Å²) in [6.45, 7) is 8.19. The highest BCUT2D eigenvalue weighted by Crippen LogP contribution is 2.24. The molecule has 0 radical (unpaired) electrons. The van der Waals surface area contributed by atoms with Crippen molar-refractivity contribution in [2.24, 2.45) is 0 Å². The van der Waals surface area contributed by atoms with Crippen molar-refractivity contribution in [3.63, 3.8) is 0 Å². The van der Waals surface area contributed by atoms with Gasteiger partial charge in [0.1, 0.15) is 11.5 Å². The lowest BCUT2D eigenvalue weighted by Gasteiger charge is -2.08. The van der Waals surface area contributed by atoms with Crippen LogP contribution in [-0.2, 0) is 16.6 Å². The van der Waals surface area contributed by atoms with Crippen LogP contribution in [0.5, 0.6) is 5.75 Å². The lowest BCUT2D eigenvalue weighted by atomic mass is 10.1. The van der Waals surface area contributed by atoms with E-state index >= 15 is 0 Å². The molecule has 1 N–H and O–H groups in total. The summed E-state index contributed by atoms with van der Waals surface area (Å²) < 4.78 is 38.9. The third-order valence-corrected chi connectivity index (χ3v) is 5.92. The molecule has 0 bridgehead atoms. The number of aromatic nitrogens is 1. The van der Waals surface area contributed by atoms with Crippen LogP contribution in [-0.4, -0.2) is 20.0 Å². The first-order chi connectivity index (χ1) is 13.3.